The topological polar surface area (TPSA) is 20.3 Å². The van der Waals surface area contributed by atoms with Gasteiger partial charge in [0, 0.05) is 12.2 Å². The summed E-state index contributed by atoms with van der Waals surface area (Å²) in [7, 11) is 0. The zero-order valence-electron chi connectivity index (χ0n) is 11.9. The van der Waals surface area contributed by atoms with Crippen LogP contribution in [0.1, 0.15) is 33.3 Å². The molecule has 1 heterocycles. The van der Waals surface area contributed by atoms with E-state index < -0.39 is 0 Å². The van der Waals surface area contributed by atoms with Crippen LogP contribution in [0.25, 0.3) is 0 Å². The van der Waals surface area contributed by atoms with Crippen LogP contribution < -0.4 is 4.90 Å². The first-order chi connectivity index (χ1) is 9.04. The van der Waals surface area contributed by atoms with Crippen LogP contribution in [0.3, 0.4) is 0 Å². The summed E-state index contributed by atoms with van der Waals surface area (Å²) in [5.41, 5.74) is 4.38. The molecule has 0 fully saturated rings. The number of aryl methyl sites for hydroxylation is 3. The molecule has 3 heteroatoms. The number of carbonyl (C=O) groups excluding carboxylic acids is 1. The van der Waals surface area contributed by atoms with Gasteiger partial charge in [0.05, 0.1) is 4.88 Å². The Morgan fingerprint density at radius 1 is 1.16 bits per heavy atom. The predicted octanol–water partition coefficient (Wildman–Crippen LogP) is 4.34. The second-order valence-electron chi connectivity index (χ2n) is 4.77. The van der Waals surface area contributed by atoms with Gasteiger partial charge in [0.25, 0.3) is 5.91 Å². The van der Waals surface area contributed by atoms with Gasteiger partial charge in [-0.2, -0.15) is 0 Å². The van der Waals surface area contributed by atoms with Crippen LogP contribution in [0.2, 0.25) is 0 Å². The minimum atomic E-state index is 0.101. The maximum absolute atomic E-state index is 12.7. The molecule has 100 valence electrons. The smallest absolute Gasteiger partial charge is 0.268 e. The van der Waals surface area contributed by atoms with Crippen molar-refractivity contribution in [3.63, 3.8) is 0 Å². The lowest BCUT2D eigenvalue weighted by Gasteiger charge is -2.23. The monoisotopic (exact) mass is 273 g/mol. The van der Waals surface area contributed by atoms with Gasteiger partial charge in [-0.3, -0.25) is 4.79 Å². The minimum absolute atomic E-state index is 0.101. The fourth-order valence-corrected chi connectivity index (χ4v) is 3.02. The Hall–Kier alpha value is -1.61. The van der Waals surface area contributed by atoms with E-state index in [1.807, 2.05) is 37.1 Å². The average molecular weight is 273 g/mol. The molecule has 0 bridgehead atoms. The molecule has 19 heavy (non-hydrogen) atoms. The lowest BCUT2D eigenvalue weighted by Crippen LogP contribution is -2.31. The van der Waals surface area contributed by atoms with Crippen LogP contribution in [-0.4, -0.2) is 12.5 Å². The van der Waals surface area contributed by atoms with Gasteiger partial charge in [0.2, 0.25) is 0 Å². The third kappa shape index (κ3) is 2.71. The van der Waals surface area contributed by atoms with Gasteiger partial charge in [0.1, 0.15) is 0 Å². The SMILES string of the molecule is CCN(C(=O)c1sccc1C)c1cc(C)ccc1C. The lowest BCUT2D eigenvalue weighted by atomic mass is 10.1. The van der Waals surface area contributed by atoms with Gasteiger partial charge in [-0.15, -0.1) is 11.3 Å². The first-order valence-corrected chi connectivity index (χ1v) is 7.35. The van der Waals surface area contributed by atoms with E-state index in [0.29, 0.717) is 6.54 Å². The lowest BCUT2D eigenvalue weighted by molar-refractivity contribution is 0.0991. The molecule has 0 saturated carbocycles. The molecule has 1 aromatic carbocycles. The van der Waals surface area contributed by atoms with Crippen LogP contribution in [0.5, 0.6) is 0 Å². The molecule has 2 nitrogen and oxygen atoms in total. The first-order valence-electron chi connectivity index (χ1n) is 6.47. The van der Waals surface area contributed by atoms with Crippen molar-refractivity contribution in [2.75, 3.05) is 11.4 Å². The van der Waals surface area contributed by atoms with E-state index in [9.17, 15) is 4.79 Å². The van der Waals surface area contributed by atoms with Crippen LogP contribution in [0.4, 0.5) is 5.69 Å². The van der Waals surface area contributed by atoms with E-state index in [1.54, 1.807) is 0 Å². The Kier molecular flexibility index (Phi) is 4.05. The Morgan fingerprint density at radius 3 is 2.47 bits per heavy atom. The van der Waals surface area contributed by atoms with E-state index in [-0.39, 0.29) is 5.91 Å². The van der Waals surface area contributed by atoms with E-state index in [4.69, 9.17) is 0 Å². The van der Waals surface area contributed by atoms with Crippen molar-refractivity contribution >= 4 is 22.9 Å². The first kappa shape index (κ1) is 13.8. The minimum Gasteiger partial charge on any atom is -0.308 e. The third-order valence-electron chi connectivity index (χ3n) is 3.27. The van der Waals surface area contributed by atoms with Crippen LogP contribution >= 0.6 is 11.3 Å². The maximum atomic E-state index is 12.7. The zero-order chi connectivity index (χ0) is 14.0. The van der Waals surface area contributed by atoms with Gasteiger partial charge in [-0.1, -0.05) is 12.1 Å². The van der Waals surface area contributed by atoms with Crippen molar-refractivity contribution < 1.29 is 4.79 Å². The molecule has 2 aromatic rings. The molecule has 0 radical (unpaired) electrons. The summed E-state index contributed by atoms with van der Waals surface area (Å²) in [6.07, 6.45) is 0. The van der Waals surface area contributed by atoms with Crippen molar-refractivity contribution in [2.24, 2.45) is 0 Å². The van der Waals surface area contributed by atoms with Crippen LogP contribution in [0, 0.1) is 20.8 Å². The Balaban J connectivity index is 2.43. The summed E-state index contributed by atoms with van der Waals surface area (Å²) in [5, 5.41) is 1.97. The summed E-state index contributed by atoms with van der Waals surface area (Å²) in [6, 6.07) is 8.23. The summed E-state index contributed by atoms with van der Waals surface area (Å²) < 4.78 is 0. The van der Waals surface area contributed by atoms with Crippen molar-refractivity contribution in [1.82, 2.24) is 0 Å². The van der Waals surface area contributed by atoms with E-state index in [0.717, 1.165) is 21.7 Å². The largest absolute Gasteiger partial charge is 0.308 e. The predicted molar refractivity (Wildman–Crippen MR) is 82.3 cm³/mol. The van der Waals surface area contributed by atoms with Gasteiger partial charge in [0.15, 0.2) is 0 Å². The summed E-state index contributed by atoms with van der Waals surface area (Å²) in [6.45, 7) is 8.79. The van der Waals surface area contributed by atoms with Gasteiger partial charge in [-0.25, -0.2) is 0 Å². The molecule has 0 atom stereocenters. The summed E-state index contributed by atoms with van der Waals surface area (Å²) in [4.78, 5) is 15.4. The number of thiophene rings is 1. The number of hydrogen-bond acceptors (Lipinski definition) is 2. The standard InChI is InChI=1S/C16H19NOS/c1-5-17(14-10-11(2)6-7-12(14)3)16(18)15-13(4)8-9-19-15/h6-10H,5H2,1-4H3. The highest BCUT2D eigenvalue weighted by Crippen LogP contribution is 2.26. The van der Waals surface area contributed by atoms with Crippen LogP contribution in [0.15, 0.2) is 29.6 Å². The van der Waals surface area contributed by atoms with Crippen molar-refractivity contribution in [2.45, 2.75) is 27.7 Å². The molecule has 0 spiro atoms. The van der Waals surface area contributed by atoms with Crippen molar-refractivity contribution in [3.05, 3.63) is 51.2 Å². The molecular weight excluding hydrogens is 254 g/mol. The van der Waals surface area contributed by atoms with Crippen molar-refractivity contribution in [1.29, 1.82) is 0 Å². The summed E-state index contributed by atoms with van der Waals surface area (Å²) in [5.74, 6) is 0.101. The fourth-order valence-electron chi connectivity index (χ4n) is 2.15. The molecule has 0 aliphatic carbocycles. The molecule has 0 saturated heterocycles. The number of benzene rings is 1. The molecular formula is C16H19NOS. The molecule has 0 aliphatic rings. The Bertz CT molecular complexity index is 601. The quantitative estimate of drug-likeness (QED) is 0.814. The molecule has 2 rings (SSSR count). The highest BCUT2D eigenvalue weighted by Gasteiger charge is 2.20. The molecule has 1 aromatic heterocycles. The number of rotatable bonds is 3. The van der Waals surface area contributed by atoms with E-state index >= 15 is 0 Å². The van der Waals surface area contributed by atoms with Crippen molar-refractivity contribution in [3.8, 4) is 0 Å². The highest BCUT2D eigenvalue weighted by atomic mass is 32.1. The van der Waals surface area contributed by atoms with Gasteiger partial charge >= 0.3 is 0 Å². The number of hydrogen-bond donors (Lipinski definition) is 0. The summed E-state index contributed by atoms with van der Waals surface area (Å²) >= 11 is 1.51. The number of anilines is 1. The van der Waals surface area contributed by atoms with Gasteiger partial charge < -0.3 is 4.90 Å². The average Bonchev–Trinajstić information content (AvgIpc) is 2.80. The number of carbonyl (C=O) groups is 1. The molecule has 0 N–H and O–H groups in total. The van der Waals surface area contributed by atoms with Crippen LogP contribution in [-0.2, 0) is 0 Å². The maximum Gasteiger partial charge on any atom is 0.268 e. The zero-order valence-corrected chi connectivity index (χ0v) is 12.7. The third-order valence-corrected chi connectivity index (χ3v) is 4.28. The highest BCUT2D eigenvalue weighted by molar-refractivity contribution is 7.12. The number of amides is 1. The molecule has 0 aliphatic heterocycles. The number of nitrogens with zero attached hydrogens (tertiary/aromatic N) is 1. The normalized spacial score (nSPS) is 10.5. The van der Waals surface area contributed by atoms with E-state index in [1.165, 1.54) is 16.9 Å². The fraction of sp³-hybridized carbons (Fsp3) is 0.312. The molecule has 0 unspecified atom stereocenters. The van der Waals surface area contributed by atoms with E-state index in [2.05, 4.69) is 25.1 Å². The Morgan fingerprint density at radius 2 is 1.89 bits per heavy atom. The van der Waals surface area contributed by atoms with Gasteiger partial charge in [-0.05, 0) is 61.9 Å². The second-order valence-corrected chi connectivity index (χ2v) is 5.69. The Labute approximate surface area is 118 Å². The molecule has 1 amide bonds. The second kappa shape index (κ2) is 5.57.